The first-order valence-electron chi connectivity index (χ1n) is 4.40. The lowest BCUT2D eigenvalue weighted by atomic mass is 10.3. The average molecular weight is 255 g/mol. The van der Waals surface area contributed by atoms with Crippen LogP contribution in [0.4, 0.5) is 5.69 Å². The largest absolute Gasteiger partial charge is 0.468 e. The maximum Gasteiger partial charge on any atom is 0.317 e. The summed E-state index contributed by atoms with van der Waals surface area (Å²) >= 11 is 5.58. The highest BCUT2D eigenvalue weighted by molar-refractivity contribution is 6.30. The van der Waals surface area contributed by atoms with E-state index in [0.29, 0.717) is 0 Å². The number of rotatable bonds is 2. The minimum absolute atomic E-state index is 0.0386. The van der Waals surface area contributed by atoms with E-state index < -0.39 is 10.9 Å². The molecule has 0 saturated heterocycles. The number of aromatic nitrogens is 1. The van der Waals surface area contributed by atoms with Crippen molar-refractivity contribution >= 4 is 23.3 Å². The lowest BCUT2D eigenvalue weighted by Gasteiger charge is -1.95. The summed E-state index contributed by atoms with van der Waals surface area (Å²) in [7, 11) is 1.23. The lowest BCUT2D eigenvalue weighted by Crippen LogP contribution is -1.98. The molecule has 1 aromatic heterocycles. The van der Waals surface area contributed by atoms with Gasteiger partial charge in [-0.1, -0.05) is 17.5 Å². The molecule has 1 aromatic rings. The molecule has 0 atom stereocenters. The van der Waals surface area contributed by atoms with Crippen molar-refractivity contribution in [3.63, 3.8) is 0 Å². The molecule has 0 fully saturated rings. The molecule has 0 aliphatic carbocycles. The number of esters is 1. The van der Waals surface area contributed by atoms with E-state index in [1.165, 1.54) is 13.3 Å². The lowest BCUT2D eigenvalue weighted by molar-refractivity contribution is -0.385. The van der Waals surface area contributed by atoms with Crippen LogP contribution in [0.1, 0.15) is 12.1 Å². The predicted octanol–water partition coefficient (Wildman–Crippen LogP) is 1.56. The number of nitrogens with zero attached hydrogens (tertiary/aromatic N) is 2. The molecule has 0 amide bonds. The van der Waals surface area contributed by atoms with Gasteiger partial charge in [0.25, 0.3) is 0 Å². The Balaban J connectivity index is 2.98. The number of halogens is 1. The first kappa shape index (κ1) is 12.9. The van der Waals surface area contributed by atoms with Crippen LogP contribution in [0.2, 0.25) is 5.02 Å². The molecule has 0 aromatic carbocycles. The first-order chi connectivity index (χ1) is 8.04. The van der Waals surface area contributed by atoms with Crippen LogP contribution >= 0.6 is 11.6 Å². The van der Waals surface area contributed by atoms with Crippen LogP contribution in [0.5, 0.6) is 0 Å². The van der Waals surface area contributed by atoms with Gasteiger partial charge >= 0.3 is 11.7 Å². The second-order valence-electron chi connectivity index (χ2n) is 2.83. The molecule has 88 valence electrons. The molecular weight excluding hydrogens is 248 g/mol. The summed E-state index contributed by atoms with van der Waals surface area (Å²) < 4.78 is 4.37. The van der Waals surface area contributed by atoms with Gasteiger partial charge in [-0.05, 0) is 5.92 Å². The average Bonchev–Trinajstić information content (AvgIpc) is 2.30. The number of hydrogen-bond donors (Lipinski definition) is 0. The normalized spacial score (nSPS) is 9.06. The highest BCUT2D eigenvalue weighted by Gasteiger charge is 2.13. The topological polar surface area (TPSA) is 82.3 Å². The van der Waals surface area contributed by atoms with Crippen LogP contribution in [0.15, 0.2) is 12.3 Å². The molecule has 0 unspecified atom stereocenters. The van der Waals surface area contributed by atoms with E-state index in [-0.39, 0.29) is 22.8 Å². The van der Waals surface area contributed by atoms with Crippen LogP contribution in [-0.2, 0) is 9.53 Å². The summed E-state index contributed by atoms with van der Waals surface area (Å²) in [6.07, 6.45) is 1.09. The van der Waals surface area contributed by atoms with Crippen molar-refractivity contribution < 1.29 is 14.5 Å². The number of carbonyl (C=O) groups is 1. The number of carbonyl (C=O) groups excluding carboxylic acids is 1. The zero-order chi connectivity index (χ0) is 12.8. The molecule has 0 saturated carbocycles. The van der Waals surface area contributed by atoms with Gasteiger partial charge in [0, 0.05) is 12.3 Å². The molecule has 1 heterocycles. The van der Waals surface area contributed by atoms with E-state index in [1.807, 2.05) is 0 Å². The van der Waals surface area contributed by atoms with Crippen molar-refractivity contribution in [2.45, 2.75) is 6.42 Å². The molecule has 0 N–H and O–H groups in total. The van der Waals surface area contributed by atoms with Gasteiger partial charge in [0.2, 0.25) is 0 Å². The van der Waals surface area contributed by atoms with Crippen LogP contribution in [0, 0.1) is 22.0 Å². The molecule has 7 heteroatoms. The maximum absolute atomic E-state index is 10.8. The molecular formula is C10H7ClN2O4. The van der Waals surface area contributed by atoms with Crippen LogP contribution in [0.25, 0.3) is 0 Å². The third-order valence-electron chi connectivity index (χ3n) is 1.70. The van der Waals surface area contributed by atoms with Gasteiger partial charge in [-0.15, -0.1) is 0 Å². The SMILES string of the molecule is COC(=O)CC#Cc1ncc(Cl)cc1[N+](=O)[O-]. The van der Waals surface area contributed by atoms with E-state index in [2.05, 4.69) is 21.6 Å². The van der Waals surface area contributed by atoms with E-state index in [0.717, 1.165) is 6.07 Å². The molecule has 6 nitrogen and oxygen atoms in total. The van der Waals surface area contributed by atoms with Gasteiger partial charge in [0.1, 0.15) is 6.42 Å². The molecule has 0 radical (unpaired) electrons. The second-order valence-corrected chi connectivity index (χ2v) is 3.27. The van der Waals surface area contributed by atoms with Crippen LogP contribution in [-0.4, -0.2) is 23.0 Å². The smallest absolute Gasteiger partial charge is 0.317 e. The third-order valence-corrected chi connectivity index (χ3v) is 1.90. The fraction of sp³-hybridized carbons (Fsp3) is 0.200. The summed E-state index contributed by atoms with van der Waals surface area (Å²) in [6.45, 7) is 0. The van der Waals surface area contributed by atoms with Crippen molar-refractivity contribution in [2.75, 3.05) is 7.11 Å². The standard InChI is InChI=1S/C10H7ClN2O4/c1-17-10(14)4-2-3-8-9(13(15)16)5-7(11)6-12-8/h5-6H,4H2,1H3. The Morgan fingerprint density at radius 3 is 3.00 bits per heavy atom. The van der Waals surface area contributed by atoms with Crippen molar-refractivity contribution in [3.8, 4) is 11.8 Å². The Bertz CT molecular complexity index is 519. The zero-order valence-corrected chi connectivity index (χ0v) is 9.52. The van der Waals surface area contributed by atoms with E-state index in [9.17, 15) is 14.9 Å². The molecule has 1 rings (SSSR count). The predicted molar refractivity (Wildman–Crippen MR) is 59.4 cm³/mol. The summed E-state index contributed by atoms with van der Waals surface area (Å²) in [5.74, 6) is 4.34. The van der Waals surface area contributed by atoms with Crippen molar-refractivity contribution in [1.29, 1.82) is 0 Å². The van der Waals surface area contributed by atoms with Crippen LogP contribution < -0.4 is 0 Å². The minimum atomic E-state index is -0.638. The van der Waals surface area contributed by atoms with Gasteiger partial charge in [-0.25, -0.2) is 4.98 Å². The molecule has 0 spiro atoms. The van der Waals surface area contributed by atoms with Gasteiger partial charge < -0.3 is 4.74 Å². The minimum Gasteiger partial charge on any atom is -0.468 e. The van der Waals surface area contributed by atoms with Gasteiger partial charge in [0.15, 0.2) is 5.69 Å². The number of hydrogen-bond acceptors (Lipinski definition) is 5. The highest BCUT2D eigenvalue weighted by atomic mass is 35.5. The quantitative estimate of drug-likeness (QED) is 0.346. The maximum atomic E-state index is 10.8. The summed E-state index contributed by atoms with van der Waals surface area (Å²) in [5.41, 5.74) is -0.335. The zero-order valence-electron chi connectivity index (χ0n) is 8.77. The van der Waals surface area contributed by atoms with E-state index in [4.69, 9.17) is 11.6 Å². The van der Waals surface area contributed by atoms with Crippen LogP contribution in [0.3, 0.4) is 0 Å². The molecule has 17 heavy (non-hydrogen) atoms. The van der Waals surface area contributed by atoms with Gasteiger partial charge in [-0.3, -0.25) is 14.9 Å². The number of methoxy groups -OCH3 is 1. The Hall–Kier alpha value is -2.13. The Morgan fingerprint density at radius 1 is 1.71 bits per heavy atom. The Kier molecular flexibility index (Phi) is 4.43. The molecule has 0 aliphatic rings. The first-order valence-corrected chi connectivity index (χ1v) is 4.78. The Morgan fingerprint density at radius 2 is 2.41 bits per heavy atom. The number of pyridine rings is 1. The fourth-order valence-electron chi connectivity index (χ4n) is 0.936. The number of ether oxygens (including phenoxy) is 1. The summed E-state index contributed by atoms with van der Waals surface area (Å²) in [6, 6.07) is 1.15. The van der Waals surface area contributed by atoms with Crippen molar-refractivity contribution in [3.05, 3.63) is 33.1 Å². The van der Waals surface area contributed by atoms with Gasteiger partial charge in [0.05, 0.1) is 17.1 Å². The monoisotopic (exact) mass is 254 g/mol. The molecule has 0 aliphatic heterocycles. The molecule has 0 bridgehead atoms. The fourth-order valence-corrected chi connectivity index (χ4v) is 1.09. The number of nitro groups is 1. The van der Waals surface area contributed by atoms with Gasteiger partial charge in [-0.2, -0.15) is 0 Å². The van der Waals surface area contributed by atoms with E-state index in [1.54, 1.807) is 0 Å². The van der Waals surface area contributed by atoms with E-state index >= 15 is 0 Å². The summed E-state index contributed by atoms with van der Waals surface area (Å²) in [5, 5.41) is 10.8. The van der Waals surface area contributed by atoms with Crippen molar-refractivity contribution in [2.24, 2.45) is 0 Å². The third kappa shape index (κ3) is 3.74. The summed E-state index contributed by atoms with van der Waals surface area (Å²) in [4.78, 5) is 24.5. The highest BCUT2D eigenvalue weighted by Crippen LogP contribution is 2.19. The second kappa shape index (κ2) is 5.82. The Labute approximate surface area is 102 Å². The van der Waals surface area contributed by atoms with Crippen molar-refractivity contribution in [1.82, 2.24) is 4.98 Å².